The number of hydrogen-bond acceptors (Lipinski definition) is 21. The normalized spacial score (nSPS) is 13.2. The van der Waals surface area contributed by atoms with Gasteiger partial charge in [-0.15, -0.1) is 10.2 Å². The highest BCUT2D eigenvalue weighted by atomic mass is 33.5. The number of nitrogens with zero attached hydrogens (tertiary/aromatic N) is 8. The third-order valence-electron chi connectivity index (χ3n) is 8.72. The first-order valence-electron chi connectivity index (χ1n) is 19.6. The van der Waals surface area contributed by atoms with Crippen LogP contribution in [0.1, 0.15) is 11.1 Å². The summed E-state index contributed by atoms with van der Waals surface area (Å²) in [5.74, 6) is 13.6. The van der Waals surface area contributed by atoms with Crippen molar-refractivity contribution >= 4 is 57.3 Å². The van der Waals surface area contributed by atoms with E-state index in [4.69, 9.17) is 53.1 Å². The molecular formula is C40H48N12O8P2S3. The van der Waals surface area contributed by atoms with E-state index in [1.165, 1.54) is 32.8 Å². The summed E-state index contributed by atoms with van der Waals surface area (Å²) in [6, 6.07) is 28.4. The maximum absolute atomic E-state index is 9.30. The van der Waals surface area contributed by atoms with E-state index in [-0.39, 0.29) is 39.5 Å². The van der Waals surface area contributed by atoms with Gasteiger partial charge in [0.05, 0.1) is 76.4 Å². The highest BCUT2D eigenvalue weighted by Crippen LogP contribution is 2.72. The Labute approximate surface area is 388 Å². The van der Waals surface area contributed by atoms with E-state index >= 15 is 0 Å². The third kappa shape index (κ3) is 14.8. The first-order chi connectivity index (χ1) is 31.5. The Morgan fingerprint density at radius 2 is 1.00 bits per heavy atom. The van der Waals surface area contributed by atoms with E-state index in [1.807, 2.05) is 24.3 Å². The molecule has 2 unspecified atom stereocenters. The van der Waals surface area contributed by atoms with Gasteiger partial charge in [-0.2, -0.15) is 0 Å². The molecule has 6 aromatic rings. The highest BCUT2D eigenvalue weighted by Gasteiger charge is 2.30. The molecule has 0 saturated heterocycles. The Balaban J connectivity index is 1.26. The van der Waals surface area contributed by atoms with Crippen molar-refractivity contribution in [3.8, 4) is 45.5 Å². The lowest BCUT2D eigenvalue weighted by Crippen LogP contribution is -2.29. The monoisotopic (exact) mass is 982 g/mol. The van der Waals surface area contributed by atoms with Crippen LogP contribution < -0.4 is 41.2 Å². The van der Waals surface area contributed by atoms with Crippen LogP contribution >= 0.6 is 34.1 Å². The summed E-state index contributed by atoms with van der Waals surface area (Å²) in [5.41, 5.74) is 14.1. The summed E-state index contributed by atoms with van der Waals surface area (Å²) in [6.07, 6.45) is 6.53. The van der Waals surface area contributed by atoms with Crippen molar-refractivity contribution in [3.05, 3.63) is 133 Å². The number of aliphatic hydroxyl groups excluding tert-OH is 4. The van der Waals surface area contributed by atoms with Gasteiger partial charge in [-0.25, -0.2) is 21.0 Å². The molecule has 6 rings (SSSR count). The molecule has 0 aliphatic carbocycles. The van der Waals surface area contributed by atoms with Crippen molar-refractivity contribution in [1.82, 2.24) is 40.0 Å². The van der Waals surface area contributed by atoms with Crippen molar-refractivity contribution in [2.75, 3.05) is 39.5 Å². The van der Waals surface area contributed by atoms with Gasteiger partial charge in [0.1, 0.15) is 34.4 Å². The Kier molecular flexibility index (Phi) is 18.3. The number of aliphatic hydroxyl groups is 4. The molecule has 0 saturated carbocycles. The summed E-state index contributed by atoms with van der Waals surface area (Å²) < 4.78 is 29.1. The second-order valence-electron chi connectivity index (χ2n) is 13.6. The zero-order valence-corrected chi connectivity index (χ0v) is 38.9. The van der Waals surface area contributed by atoms with Crippen LogP contribution in [0.15, 0.2) is 122 Å². The molecule has 25 heteroatoms. The summed E-state index contributed by atoms with van der Waals surface area (Å²) in [5, 5.41) is 56.2. The lowest BCUT2D eigenvalue weighted by atomic mass is 10.2. The second kappa shape index (κ2) is 24.2. The molecule has 0 amide bonds. The standard InChI is InChI=1S/C40H48N12O8P2S3/c41-37(25-49(43)17-21-53)29-1-9-33(10-2-29)57-61(58-34-11-5-31(6-12-34)39-27-51(19-23-55)47-45-39)64-65-62(63,59-35-13-3-30(4-14-35)38(42)26-50(44)18-22-54)60-36-15-7-32(8-16-36)40-28-52(20-24-56)48-46-40/h1-16,25-28,53-56H,17-24,41-44H2/b37-25-,38-26-. The summed E-state index contributed by atoms with van der Waals surface area (Å²) in [6.45, 7) is 0.658. The topological polar surface area (TPSA) is 290 Å². The lowest BCUT2D eigenvalue weighted by molar-refractivity contribution is 0.239. The van der Waals surface area contributed by atoms with Crippen molar-refractivity contribution < 1.29 is 38.5 Å². The molecule has 20 nitrogen and oxygen atoms in total. The Morgan fingerprint density at radius 3 is 1.40 bits per heavy atom. The molecule has 4 aromatic carbocycles. The number of aromatic nitrogens is 6. The molecule has 0 radical (unpaired) electrons. The van der Waals surface area contributed by atoms with Gasteiger partial charge in [-0.3, -0.25) is 0 Å². The van der Waals surface area contributed by atoms with Crippen molar-refractivity contribution in [3.63, 3.8) is 0 Å². The van der Waals surface area contributed by atoms with Crippen molar-refractivity contribution in [1.29, 1.82) is 0 Å². The zero-order chi connectivity index (χ0) is 46.2. The van der Waals surface area contributed by atoms with E-state index in [0.717, 1.165) is 21.5 Å². The molecule has 0 aliphatic heterocycles. The van der Waals surface area contributed by atoms with Crippen molar-refractivity contribution in [2.24, 2.45) is 23.2 Å². The maximum Gasteiger partial charge on any atom is 0.372 e. The predicted molar refractivity (Wildman–Crippen MR) is 257 cm³/mol. The molecule has 2 aromatic heterocycles. The third-order valence-corrected chi connectivity index (χ3v) is 19.9. The molecule has 2 heterocycles. The van der Waals surface area contributed by atoms with Gasteiger partial charge in [0.25, 0.3) is 0 Å². The fourth-order valence-corrected chi connectivity index (χ4v) is 17.7. The van der Waals surface area contributed by atoms with Crippen molar-refractivity contribution in [2.45, 2.75) is 13.1 Å². The van der Waals surface area contributed by atoms with E-state index in [9.17, 15) is 20.4 Å². The van der Waals surface area contributed by atoms with E-state index < -0.39 is 13.3 Å². The minimum absolute atomic E-state index is 0.0632. The first kappa shape index (κ1) is 49.0. The molecule has 12 N–H and O–H groups in total. The highest BCUT2D eigenvalue weighted by molar-refractivity contribution is 9.15. The largest absolute Gasteiger partial charge is 0.430 e. The number of hydrazine groups is 2. The van der Waals surface area contributed by atoms with Crippen LogP contribution in [-0.4, -0.2) is 99.9 Å². The van der Waals surface area contributed by atoms with Crippen LogP contribution in [0.2, 0.25) is 0 Å². The smallest absolute Gasteiger partial charge is 0.372 e. The fraction of sp³-hybridized carbons (Fsp3) is 0.200. The lowest BCUT2D eigenvalue weighted by Gasteiger charge is -2.24. The molecule has 0 spiro atoms. The quantitative estimate of drug-likeness (QED) is 0.0170. The van der Waals surface area contributed by atoms with E-state index in [2.05, 4.69) is 20.6 Å². The molecule has 2 atom stereocenters. The van der Waals surface area contributed by atoms with E-state index in [1.54, 1.807) is 94.6 Å². The SMILES string of the molecule is N/C(=C\N(N)CCO)c1ccc(OP(Oc2ccc(-c3cn(CCO)nn3)cc2)SSP(=S)(Oc2ccc(/C(N)=C/N(N)CCO)cc2)Oc2ccc(-c3cn(CCO)nn3)cc2)cc1. The molecule has 0 fully saturated rings. The number of nitrogens with two attached hydrogens (primary N) is 4. The average molecular weight is 983 g/mol. The average Bonchev–Trinajstić information content (AvgIpc) is 3.97. The van der Waals surface area contributed by atoms with Gasteiger partial charge in [0.15, 0.2) is 0 Å². The number of benzene rings is 4. The molecule has 65 heavy (non-hydrogen) atoms. The van der Waals surface area contributed by atoms with Crippen LogP contribution in [0, 0.1) is 0 Å². The van der Waals surface area contributed by atoms with Crippen LogP contribution in [0.25, 0.3) is 33.9 Å². The first-order valence-corrected chi connectivity index (χ1v) is 26.8. The predicted octanol–water partition coefficient (Wildman–Crippen LogP) is 4.49. The van der Waals surface area contributed by atoms with E-state index in [0.29, 0.717) is 70.0 Å². The fourth-order valence-electron chi connectivity index (χ4n) is 5.54. The van der Waals surface area contributed by atoms with Gasteiger partial charge in [0.2, 0.25) is 0 Å². The Hall–Kier alpha value is -5.42. The number of rotatable bonds is 25. The van der Waals surface area contributed by atoms with Gasteiger partial charge in [-0.1, -0.05) is 10.4 Å². The number of hydrogen-bond donors (Lipinski definition) is 8. The molecule has 0 bridgehead atoms. The van der Waals surface area contributed by atoms with Crippen LogP contribution in [-0.2, 0) is 24.9 Å². The Bertz CT molecular complexity index is 2520. The minimum Gasteiger partial charge on any atom is -0.430 e. The zero-order valence-electron chi connectivity index (χ0n) is 34.6. The second-order valence-corrected chi connectivity index (χ2v) is 24.0. The van der Waals surface area contributed by atoms with Crippen LogP contribution in [0.3, 0.4) is 0 Å². The van der Waals surface area contributed by atoms with Gasteiger partial charge in [-0.05, 0) is 108 Å². The summed E-state index contributed by atoms with van der Waals surface area (Å²) in [7, 11) is 0.490. The maximum atomic E-state index is 9.30. The van der Waals surface area contributed by atoms with Gasteiger partial charge >= 0.3 is 13.3 Å². The Morgan fingerprint density at radius 1 is 0.615 bits per heavy atom. The molecule has 0 aliphatic rings. The summed E-state index contributed by atoms with van der Waals surface area (Å²) >= 11 is 6.23. The van der Waals surface area contributed by atoms with Crippen LogP contribution in [0.5, 0.6) is 23.0 Å². The minimum atomic E-state index is -3.37. The van der Waals surface area contributed by atoms with Gasteiger partial charge in [0, 0.05) is 56.2 Å². The van der Waals surface area contributed by atoms with Gasteiger partial charge < -0.3 is 60.0 Å². The summed E-state index contributed by atoms with van der Waals surface area (Å²) in [4.78, 5) is 0. The molecule has 344 valence electrons. The molecular weight excluding hydrogens is 935 g/mol. The van der Waals surface area contributed by atoms with Crippen LogP contribution in [0.4, 0.5) is 0 Å².